The first-order valence-electron chi connectivity index (χ1n) is 6.27. The summed E-state index contributed by atoms with van der Waals surface area (Å²) >= 11 is 0. The third kappa shape index (κ3) is 4.05. The summed E-state index contributed by atoms with van der Waals surface area (Å²) in [6.45, 7) is 4.16. The van der Waals surface area contributed by atoms with Gasteiger partial charge in [-0.3, -0.25) is 14.6 Å². The molecule has 5 nitrogen and oxygen atoms in total. The van der Waals surface area contributed by atoms with Gasteiger partial charge in [0.1, 0.15) is 5.69 Å². The number of ether oxygens (including phenoxy) is 1. The van der Waals surface area contributed by atoms with E-state index >= 15 is 0 Å². The van der Waals surface area contributed by atoms with Gasteiger partial charge in [-0.2, -0.15) is 0 Å². The van der Waals surface area contributed by atoms with Crippen molar-refractivity contribution < 1.29 is 14.3 Å². The van der Waals surface area contributed by atoms with Gasteiger partial charge in [-0.05, 0) is 12.1 Å². The standard InChI is InChI=1S/C14H20N2O3/c1-5-13(17)12-7-6-11(8-15-12)16(3)9-10(2)14(18)19-4/h6-8,10H,5,9H2,1-4H3. The molecule has 0 aromatic carbocycles. The van der Waals surface area contributed by atoms with E-state index in [1.807, 2.05) is 31.9 Å². The zero-order valence-electron chi connectivity index (χ0n) is 11.8. The zero-order chi connectivity index (χ0) is 14.4. The molecule has 5 heteroatoms. The predicted molar refractivity (Wildman–Crippen MR) is 73.3 cm³/mol. The number of ketones is 1. The molecule has 1 unspecified atom stereocenters. The van der Waals surface area contributed by atoms with Crippen LogP contribution in [0.4, 0.5) is 5.69 Å². The number of pyridine rings is 1. The second-order valence-electron chi connectivity index (χ2n) is 4.48. The first kappa shape index (κ1) is 15.1. The molecule has 0 spiro atoms. The zero-order valence-corrected chi connectivity index (χ0v) is 11.8. The van der Waals surface area contributed by atoms with Crippen molar-refractivity contribution in [3.63, 3.8) is 0 Å². The first-order chi connectivity index (χ1) is 8.99. The highest BCUT2D eigenvalue weighted by atomic mass is 16.5. The SMILES string of the molecule is CCC(=O)c1ccc(N(C)CC(C)C(=O)OC)cn1. The van der Waals surface area contributed by atoms with Crippen molar-refractivity contribution in [3.8, 4) is 0 Å². The largest absolute Gasteiger partial charge is 0.469 e. The molecular formula is C14H20N2O3. The third-order valence-corrected chi connectivity index (χ3v) is 2.95. The van der Waals surface area contributed by atoms with E-state index < -0.39 is 0 Å². The first-order valence-corrected chi connectivity index (χ1v) is 6.27. The van der Waals surface area contributed by atoms with Crippen LogP contribution in [0.15, 0.2) is 18.3 Å². The molecule has 0 aliphatic carbocycles. The minimum Gasteiger partial charge on any atom is -0.469 e. The molecule has 104 valence electrons. The highest BCUT2D eigenvalue weighted by molar-refractivity contribution is 5.94. The molecule has 1 rings (SSSR count). The fraction of sp³-hybridized carbons (Fsp3) is 0.500. The third-order valence-electron chi connectivity index (χ3n) is 2.95. The summed E-state index contributed by atoms with van der Waals surface area (Å²) in [6, 6.07) is 3.54. The Morgan fingerprint density at radius 1 is 1.42 bits per heavy atom. The second kappa shape index (κ2) is 6.87. The number of carbonyl (C=O) groups is 2. The number of carbonyl (C=O) groups excluding carboxylic acids is 2. The fourth-order valence-electron chi connectivity index (χ4n) is 1.75. The van der Waals surface area contributed by atoms with Crippen LogP contribution in [0.1, 0.15) is 30.8 Å². The summed E-state index contributed by atoms with van der Waals surface area (Å²) in [6.07, 6.45) is 2.09. The number of hydrogen-bond acceptors (Lipinski definition) is 5. The number of anilines is 1. The molecule has 19 heavy (non-hydrogen) atoms. The maximum Gasteiger partial charge on any atom is 0.310 e. The van der Waals surface area contributed by atoms with E-state index in [9.17, 15) is 9.59 Å². The Labute approximate surface area is 113 Å². The fourth-order valence-corrected chi connectivity index (χ4v) is 1.75. The van der Waals surface area contributed by atoms with Crippen molar-refractivity contribution in [2.45, 2.75) is 20.3 Å². The highest BCUT2D eigenvalue weighted by Gasteiger charge is 2.16. The van der Waals surface area contributed by atoms with Gasteiger partial charge in [0.25, 0.3) is 0 Å². The quantitative estimate of drug-likeness (QED) is 0.580. The van der Waals surface area contributed by atoms with Crippen LogP contribution in [0.2, 0.25) is 0 Å². The number of methoxy groups -OCH3 is 1. The molecule has 1 aromatic heterocycles. The Balaban J connectivity index is 2.70. The van der Waals surface area contributed by atoms with E-state index in [0.29, 0.717) is 18.7 Å². The molecule has 0 fully saturated rings. The van der Waals surface area contributed by atoms with Crippen molar-refractivity contribution in [2.75, 3.05) is 25.6 Å². The van der Waals surface area contributed by atoms with Crippen LogP contribution >= 0.6 is 0 Å². The van der Waals surface area contributed by atoms with E-state index in [1.165, 1.54) is 7.11 Å². The molecule has 1 atom stereocenters. The van der Waals surface area contributed by atoms with E-state index in [0.717, 1.165) is 5.69 Å². The molecule has 1 heterocycles. The van der Waals surface area contributed by atoms with Gasteiger partial charge in [-0.25, -0.2) is 0 Å². The molecule has 1 aromatic rings. The molecule has 0 aliphatic heterocycles. The molecule has 0 bridgehead atoms. The number of Topliss-reactive ketones (excluding diaryl/α,β-unsaturated/α-hetero) is 1. The second-order valence-corrected chi connectivity index (χ2v) is 4.48. The average Bonchev–Trinajstić information content (AvgIpc) is 2.45. The van der Waals surface area contributed by atoms with Gasteiger partial charge in [-0.15, -0.1) is 0 Å². The number of esters is 1. The van der Waals surface area contributed by atoms with Crippen LogP contribution in [0.3, 0.4) is 0 Å². The van der Waals surface area contributed by atoms with E-state index in [1.54, 1.807) is 12.3 Å². The Bertz CT molecular complexity index is 443. The van der Waals surface area contributed by atoms with Gasteiger partial charge in [0.2, 0.25) is 0 Å². The van der Waals surface area contributed by atoms with E-state index in [4.69, 9.17) is 0 Å². The van der Waals surface area contributed by atoms with Crippen molar-refractivity contribution in [1.82, 2.24) is 4.98 Å². The Hall–Kier alpha value is -1.91. The Kier molecular flexibility index (Phi) is 5.48. The summed E-state index contributed by atoms with van der Waals surface area (Å²) in [5.74, 6) is -0.429. The number of nitrogens with zero attached hydrogens (tertiary/aromatic N) is 2. The normalized spacial score (nSPS) is 11.8. The summed E-state index contributed by atoms with van der Waals surface area (Å²) in [5.41, 5.74) is 1.34. The minimum absolute atomic E-state index is 0.0251. The molecule has 0 saturated heterocycles. The van der Waals surface area contributed by atoms with Crippen LogP contribution in [-0.4, -0.2) is 37.4 Å². The van der Waals surface area contributed by atoms with Crippen LogP contribution in [-0.2, 0) is 9.53 Å². The molecule has 0 radical (unpaired) electrons. The van der Waals surface area contributed by atoms with Gasteiger partial charge >= 0.3 is 5.97 Å². The highest BCUT2D eigenvalue weighted by Crippen LogP contribution is 2.14. The minimum atomic E-state index is -0.238. The van der Waals surface area contributed by atoms with Gasteiger partial charge in [-0.1, -0.05) is 13.8 Å². The number of hydrogen-bond donors (Lipinski definition) is 0. The van der Waals surface area contributed by atoms with Crippen molar-refractivity contribution in [3.05, 3.63) is 24.0 Å². The van der Waals surface area contributed by atoms with E-state index in [-0.39, 0.29) is 17.7 Å². The maximum atomic E-state index is 11.5. The molecule has 0 saturated carbocycles. The Morgan fingerprint density at radius 2 is 2.11 bits per heavy atom. The predicted octanol–water partition coefficient (Wildman–Crippen LogP) is 1.92. The lowest BCUT2D eigenvalue weighted by Gasteiger charge is -2.21. The number of aromatic nitrogens is 1. The van der Waals surface area contributed by atoms with Crippen LogP contribution < -0.4 is 4.90 Å². The summed E-state index contributed by atoms with van der Waals surface area (Å²) in [5, 5.41) is 0. The summed E-state index contributed by atoms with van der Waals surface area (Å²) in [4.78, 5) is 28.9. The lowest BCUT2D eigenvalue weighted by atomic mass is 10.1. The summed E-state index contributed by atoms with van der Waals surface area (Å²) in [7, 11) is 3.25. The molecule has 0 N–H and O–H groups in total. The van der Waals surface area contributed by atoms with Crippen LogP contribution in [0.5, 0.6) is 0 Å². The lowest BCUT2D eigenvalue weighted by Crippen LogP contribution is -2.29. The average molecular weight is 264 g/mol. The number of rotatable bonds is 6. The summed E-state index contributed by atoms with van der Waals surface area (Å²) < 4.78 is 4.69. The van der Waals surface area contributed by atoms with Gasteiger partial charge in [0.05, 0.1) is 24.9 Å². The molecular weight excluding hydrogens is 244 g/mol. The van der Waals surface area contributed by atoms with E-state index in [2.05, 4.69) is 9.72 Å². The monoisotopic (exact) mass is 264 g/mol. The van der Waals surface area contributed by atoms with Crippen molar-refractivity contribution >= 4 is 17.4 Å². The molecule has 0 aliphatic rings. The van der Waals surface area contributed by atoms with Gasteiger partial charge in [0.15, 0.2) is 5.78 Å². The topological polar surface area (TPSA) is 59.5 Å². The van der Waals surface area contributed by atoms with Crippen molar-refractivity contribution in [1.29, 1.82) is 0 Å². The van der Waals surface area contributed by atoms with Gasteiger partial charge < -0.3 is 9.64 Å². The van der Waals surface area contributed by atoms with Crippen molar-refractivity contribution in [2.24, 2.45) is 5.92 Å². The molecule has 0 amide bonds. The Morgan fingerprint density at radius 3 is 2.58 bits per heavy atom. The van der Waals surface area contributed by atoms with Crippen LogP contribution in [0, 0.1) is 5.92 Å². The van der Waals surface area contributed by atoms with Crippen LogP contribution in [0.25, 0.3) is 0 Å². The van der Waals surface area contributed by atoms with Gasteiger partial charge in [0, 0.05) is 20.0 Å². The maximum absolute atomic E-state index is 11.5. The lowest BCUT2D eigenvalue weighted by molar-refractivity contribution is -0.144. The smallest absolute Gasteiger partial charge is 0.310 e.